The number of piperazine rings is 1. The van der Waals surface area contributed by atoms with E-state index in [1.807, 2.05) is 0 Å². The van der Waals surface area contributed by atoms with Crippen LogP contribution in [0.5, 0.6) is 0 Å². The Kier molecular flexibility index (Phi) is 5.37. The molecule has 1 heterocycles. The summed E-state index contributed by atoms with van der Waals surface area (Å²) in [5.41, 5.74) is 2.81. The first-order valence-corrected chi connectivity index (χ1v) is 7.41. The topological polar surface area (TPSA) is 27.3 Å². The van der Waals surface area contributed by atoms with E-state index in [9.17, 15) is 0 Å². The second-order valence-electron chi connectivity index (χ2n) is 5.59. The highest BCUT2D eigenvalue weighted by molar-refractivity contribution is 5.25. The lowest BCUT2D eigenvalue weighted by Gasteiger charge is -2.33. The molecule has 1 saturated heterocycles. The van der Waals surface area contributed by atoms with Crippen LogP contribution in [-0.4, -0.2) is 44.7 Å². The molecule has 3 heteroatoms. The second kappa shape index (κ2) is 7.04. The van der Waals surface area contributed by atoms with Crippen molar-refractivity contribution in [2.45, 2.75) is 31.8 Å². The Hall–Kier alpha value is -0.900. The zero-order valence-corrected chi connectivity index (χ0v) is 12.4. The molecule has 0 radical (unpaired) electrons. The second-order valence-corrected chi connectivity index (χ2v) is 5.59. The molecule has 2 atom stereocenters. The van der Waals surface area contributed by atoms with Gasteiger partial charge in [0.15, 0.2) is 0 Å². The molecule has 0 aliphatic carbocycles. The summed E-state index contributed by atoms with van der Waals surface area (Å²) in [6.45, 7) is 5.61. The van der Waals surface area contributed by atoms with Crippen molar-refractivity contribution in [3.8, 4) is 0 Å². The number of hydrogen-bond donors (Lipinski definition) is 2. The molecule has 1 aliphatic heterocycles. The summed E-state index contributed by atoms with van der Waals surface area (Å²) in [4.78, 5) is 2.41. The number of likely N-dealkylation sites (N-methyl/N-ethyl adjacent to an activating group) is 1. The number of aryl methyl sites for hydroxylation is 1. The molecule has 0 saturated carbocycles. The van der Waals surface area contributed by atoms with Gasteiger partial charge in [-0.1, -0.05) is 31.2 Å². The van der Waals surface area contributed by atoms with Crippen LogP contribution in [0.4, 0.5) is 0 Å². The molecule has 0 bridgehead atoms. The monoisotopic (exact) mass is 261 g/mol. The normalized spacial score (nSPS) is 22.4. The lowest BCUT2D eigenvalue weighted by atomic mass is 9.97. The van der Waals surface area contributed by atoms with Crippen molar-refractivity contribution in [1.82, 2.24) is 15.5 Å². The molecular weight excluding hydrogens is 234 g/mol. The first-order chi connectivity index (χ1) is 9.22. The van der Waals surface area contributed by atoms with Crippen LogP contribution in [-0.2, 0) is 6.42 Å². The van der Waals surface area contributed by atoms with E-state index in [0.717, 1.165) is 32.5 Å². The highest BCUT2D eigenvalue weighted by Gasteiger charge is 2.20. The van der Waals surface area contributed by atoms with Gasteiger partial charge in [-0.05, 0) is 38.1 Å². The van der Waals surface area contributed by atoms with Gasteiger partial charge in [0.05, 0.1) is 0 Å². The summed E-state index contributed by atoms with van der Waals surface area (Å²) in [6, 6.07) is 10.1. The van der Waals surface area contributed by atoms with Crippen molar-refractivity contribution < 1.29 is 0 Å². The van der Waals surface area contributed by atoms with Crippen LogP contribution in [0.1, 0.15) is 30.5 Å². The van der Waals surface area contributed by atoms with E-state index in [0.29, 0.717) is 12.1 Å². The number of nitrogens with zero attached hydrogens (tertiary/aromatic N) is 1. The van der Waals surface area contributed by atoms with Crippen molar-refractivity contribution in [1.29, 1.82) is 0 Å². The predicted molar refractivity (Wildman–Crippen MR) is 81.5 cm³/mol. The van der Waals surface area contributed by atoms with Crippen LogP contribution in [0, 0.1) is 0 Å². The van der Waals surface area contributed by atoms with Gasteiger partial charge < -0.3 is 15.5 Å². The molecule has 2 unspecified atom stereocenters. The SMILES string of the molecule is CCc1ccc(C(CC2CN(C)CCN2)NC)cc1. The fourth-order valence-electron chi connectivity index (χ4n) is 2.84. The van der Waals surface area contributed by atoms with Gasteiger partial charge in [-0.2, -0.15) is 0 Å². The maximum Gasteiger partial charge on any atom is 0.0332 e. The van der Waals surface area contributed by atoms with Gasteiger partial charge in [0.25, 0.3) is 0 Å². The molecule has 106 valence electrons. The molecule has 1 aliphatic rings. The molecule has 1 aromatic carbocycles. The third-order valence-corrected chi connectivity index (χ3v) is 4.12. The molecular formula is C16H27N3. The van der Waals surface area contributed by atoms with Crippen LogP contribution >= 0.6 is 0 Å². The first kappa shape index (κ1) is 14.5. The van der Waals surface area contributed by atoms with Crippen LogP contribution in [0.2, 0.25) is 0 Å². The first-order valence-electron chi connectivity index (χ1n) is 7.41. The highest BCUT2D eigenvalue weighted by Crippen LogP contribution is 2.20. The van der Waals surface area contributed by atoms with Gasteiger partial charge >= 0.3 is 0 Å². The molecule has 0 spiro atoms. The lowest BCUT2D eigenvalue weighted by molar-refractivity contribution is 0.222. The summed E-state index contributed by atoms with van der Waals surface area (Å²) >= 11 is 0. The average Bonchev–Trinajstić information content (AvgIpc) is 2.45. The molecule has 19 heavy (non-hydrogen) atoms. The van der Waals surface area contributed by atoms with E-state index in [1.54, 1.807) is 0 Å². The van der Waals surface area contributed by atoms with Gasteiger partial charge in [-0.15, -0.1) is 0 Å². The Morgan fingerprint density at radius 1 is 1.37 bits per heavy atom. The quantitative estimate of drug-likeness (QED) is 0.846. The Morgan fingerprint density at radius 3 is 2.68 bits per heavy atom. The van der Waals surface area contributed by atoms with E-state index in [2.05, 4.69) is 60.8 Å². The Bertz CT molecular complexity index is 374. The van der Waals surface area contributed by atoms with Gasteiger partial charge in [-0.3, -0.25) is 0 Å². The minimum Gasteiger partial charge on any atom is -0.313 e. The minimum atomic E-state index is 0.440. The van der Waals surface area contributed by atoms with Crippen LogP contribution in [0.3, 0.4) is 0 Å². The summed E-state index contributed by atoms with van der Waals surface area (Å²) < 4.78 is 0. The zero-order valence-electron chi connectivity index (χ0n) is 12.4. The van der Waals surface area contributed by atoms with Crippen LogP contribution < -0.4 is 10.6 Å². The van der Waals surface area contributed by atoms with Crippen molar-refractivity contribution in [2.24, 2.45) is 0 Å². The summed E-state index contributed by atoms with van der Waals surface area (Å²) in [5.74, 6) is 0. The third-order valence-electron chi connectivity index (χ3n) is 4.12. The Balaban J connectivity index is 1.98. The fourth-order valence-corrected chi connectivity index (χ4v) is 2.84. The summed E-state index contributed by atoms with van der Waals surface area (Å²) in [5, 5.41) is 7.08. The van der Waals surface area contributed by atoms with E-state index in [1.165, 1.54) is 11.1 Å². The third kappa shape index (κ3) is 4.03. The predicted octanol–water partition coefficient (Wildman–Crippen LogP) is 1.80. The lowest BCUT2D eigenvalue weighted by Crippen LogP contribution is -2.50. The minimum absolute atomic E-state index is 0.440. The molecule has 3 nitrogen and oxygen atoms in total. The van der Waals surface area contributed by atoms with E-state index >= 15 is 0 Å². The summed E-state index contributed by atoms with van der Waals surface area (Å²) in [7, 11) is 4.27. The van der Waals surface area contributed by atoms with E-state index < -0.39 is 0 Å². The Morgan fingerprint density at radius 2 is 2.11 bits per heavy atom. The van der Waals surface area contributed by atoms with Gasteiger partial charge in [0.2, 0.25) is 0 Å². The van der Waals surface area contributed by atoms with E-state index in [4.69, 9.17) is 0 Å². The number of rotatable bonds is 5. The standard InChI is InChI=1S/C16H27N3/c1-4-13-5-7-14(8-6-13)16(17-2)11-15-12-19(3)10-9-18-15/h5-8,15-18H,4,9-12H2,1-3H3. The van der Waals surface area contributed by atoms with E-state index in [-0.39, 0.29) is 0 Å². The zero-order chi connectivity index (χ0) is 13.7. The molecule has 1 fully saturated rings. The summed E-state index contributed by atoms with van der Waals surface area (Å²) in [6.07, 6.45) is 2.26. The highest BCUT2D eigenvalue weighted by atomic mass is 15.2. The van der Waals surface area contributed by atoms with Crippen molar-refractivity contribution in [2.75, 3.05) is 33.7 Å². The van der Waals surface area contributed by atoms with Crippen molar-refractivity contribution >= 4 is 0 Å². The van der Waals surface area contributed by atoms with Crippen molar-refractivity contribution in [3.63, 3.8) is 0 Å². The molecule has 2 N–H and O–H groups in total. The largest absolute Gasteiger partial charge is 0.313 e. The maximum absolute atomic E-state index is 3.62. The molecule has 2 rings (SSSR count). The van der Waals surface area contributed by atoms with Crippen molar-refractivity contribution in [3.05, 3.63) is 35.4 Å². The Labute approximate surface area is 117 Å². The fraction of sp³-hybridized carbons (Fsp3) is 0.625. The van der Waals surface area contributed by atoms with Gasteiger partial charge in [0.1, 0.15) is 0 Å². The average molecular weight is 261 g/mol. The van der Waals surface area contributed by atoms with Gasteiger partial charge in [-0.25, -0.2) is 0 Å². The molecule has 0 aromatic heterocycles. The molecule has 1 aromatic rings. The van der Waals surface area contributed by atoms with Crippen LogP contribution in [0.25, 0.3) is 0 Å². The number of benzene rings is 1. The molecule has 0 amide bonds. The van der Waals surface area contributed by atoms with Crippen LogP contribution in [0.15, 0.2) is 24.3 Å². The number of hydrogen-bond acceptors (Lipinski definition) is 3. The number of nitrogens with one attached hydrogen (secondary N) is 2. The van der Waals surface area contributed by atoms with Gasteiger partial charge in [0, 0.05) is 31.7 Å². The maximum atomic E-state index is 3.62. The smallest absolute Gasteiger partial charge is 0.0332 e.